The topological polar surface area (TPSA) is 125 Å². The maximum atomic E-state index is 4.13. The number of H-pyrrole nitrogens is 3. The van der Waals surface area contributed by atoms with Crippen molar-refractivity contribution in [3.63, 3.8) is 0 Å². The third-order valence-electron chi connectivity index (χ3n) is 4.22. The maximum Gasteiger partial charge on any atom is 0.155 e. The van der Waals surface area contributed by atoms with E-state index in [1.54, 1.807) is 55.8 Å². The molecule has 0 aliphatic carbocycles. The standard InChI is InChI=1S/3C8H7N3.Ga/c3*1-2-4-9-7(3-1)8-10-5-6-11-8;/h3*1-6H,(H,10,11);. The summed E-state index contributed by atoms with van der Waals surface area (Å²) >= 11 is 0. The molecule has 0 aromatic carbocycles. The van der Waals surface area contributed by atoms with E-state index in [0.717, 1.165) is 34.6 Å². The molecule has 0 unspecified atom stereocenters. The van der Waals surface area contributed by atoms with Gasteiger partial charge in [0.1, 0.15) is 17.1 Å². The molecule has 0 saturated carbocycles. The van der Waals surface area contributed by atoms with Crippen LogP contribution in [0.2, 0.25) is 0 Å². The van der Waals surface area contributed by atoms with Crippen LogP contribution in [0, 0.1) is 0 Å². The van der Waals surface area contributed by atoms with Crippen molar-refractivity contribution in [1.82, 2.24) is 44.9 Å². The van der Waals surface area contributed by atoms with E-state index in [1.165, 1.54) is 0 Å². The van der Waals surface area contributed by atoms with E-state index in [-0.39, 0.29) is 19.8 Å². The molecule has 0 aliphatic rings. The molecule has 0 fully saturated rings. The van der Waals surface area contributed by atoms with Crippen molar-refractivity contribution in [2.45, 2.75) is 0 Å². The maximum absolute atomic E-state index is 4.13. The zero-order valence-electron chi connectivity index (χ0n) is 18.2. The van der Waals surface area contributed by atoms with Crippen LogP contribution in [0.15, 0.2) is 110 Å². The molecule has 6 aromatic heterocycles. The van der Waals surface area contributed by atoms with Gasteiger partial charge in [-0.05, 0) is 36.4 Å². The van der Waals surface area contributed by atoms with Crippen LogP contribution in [0.25, 0.3) is 34.6 Å². The minimum Gasteiger partial charge on any atom is -0.343 e. The Morgan fingerprint density at radius 1 is 0.382 bits per heavy atom. The van der Waals surface area contributed by atoms with Crippen molar-refractivity contribution in [2.75, 3.05) is 0 Å². The Morgan fingerprint density at radius 2 is 0.706 bits per heavy atom. The molecular weight excluding hydrogens is 484 g/mol. The fraction of sp³-hybridized carbons (Fsp3) is 0. The van der Waals surface area contributed by atoms with E-state index in [4.69, 9.17) is 0 Å². The first-order valence-electron chi connectivity index (χ1n) is 10.1. The van der Waals surface area contributed by atoms with Gasteiger partial charge in [0.25, 0.3) is 0 Å². The molecule has 3 N–H and O–H groups in total. The largest absolute Gasteiger partial charge is 0.343 e. The molecule has 165 valence electrons. The van der Waals surface area contributed by atoms with Crippen LogP contribution in [-0.4, -0.2) is 64.6 Å². The minimum absolute atomic E-state index is 0. The number of pyridine rings is 3. The first-order chi connectivity index (χ1) is 16.4. The molecule has 0 atom stereocenters. The van der Waals surface area contributed by atoms with Crippen LogP contribution in [0.4, 0.5) is 0 Å². The summed E-state index contributed by atoms with van der Waals surface area (Å²) in [6.45, 7) is 0. The summed E-state index contributed by atoms with van der Waals surface area (Å²) in [5, 5.41) is 0. The number of imidazole rings is 3. The molecule has 6 aromatic rings. The molecule has 6 heterocycles. The van der Waals surface area contributed by atoms with Crippen molar-refractivity contribution in [3.05, 3.63) is 110 Å². The van der Waals surface area contributed by atoms with E-state index < -0.39 is 0 Å². The molecule has 0 aliphatic heterocycles. The first-order valence-corrected chi connectivity index (χ1v) is 10.1. The zero-order valence-corrected chi connectivity index (χ0v) is 20.6. The molecule has 0 bridgehead atoms. The Bertz CT molecular complexity index is 1110. The van der Waals surface area contributed by atoms with Crippen molar-refractivity contribution in [2.24, 2.45) is 0 Å². The number of hydrogen-bond acceptors (Lipinski definition) is 6. The van der Waals surface area contributed by atoms with Gasteiger partial charge in [-0.25, -0.2) is 15.0 Å². The van der Waals surface area contributed by atoms with Gasteiger partial charge in [-0.1, -0.05) is 18.2 Å². The van der Waals surface area contributed by atoms with Gasteiger partial charge in [-0.2, -0.15) is 0 Å². The molecule has 10 heteroatoms. The third-order valence-corrected chi connectivity index (χ3v) is 4.22. The minimum atomic E-state index is 0. The summed E-state index contributed by atoms with van der Waals surface area (Å²) in [6.07, 6.45) is 15.7. The van der Waals surface area contributed by atoms with Gasteiger partial charge in [0.2, 0.25) is 0 Å². The number of rotatable bonds is 3. The van der Waals surface area contributed by atoms with Gasteiger partial charge < -0.3 is 15.0 Å². The van der Waals surface area contributed by atoms with Gasteiger partial charge in [0, 0.05) is 75.6 Å². The van der Waals surface area contributed by atoms with E-state index in [2.05, 4.69) is 44.9 Å². The predicted molar refractivity (Wildman–Crippen MR) is 131 cm³/mol. The van der Waals surface area contributed by atoms with Crippen LogP contribution in [0.3, 0.4) is 0 Å². The Morgan fingerprint density at radius 3 is 0.912 bits per heavy atom. The number of aromatic nitrogens is 9. The Kier molecular flexibility index (Phi) is 9.53. The number of aromatic amines is 3. The summed E-state index contributed by atoms with van der Waals surface area (Å²) in [6, 6.07) is 17.2. The molecule has 0 amide bonds. The van der Waals surface area contributed by atoms with Crippen LogP contribution in [-0.2, 0) is 0 Å². The second-order valence-electron chi connectivity index (χ2n) is 6.46. The monoisotopic (exact) mass is 504 g/mol. The van der Waals surface area contributed by atoms with Crippen LogP contribution < -0.4 is 0 Å². The average Bonchev–Trinajstić information content (AvgIpc) is 3.70. The number of nitrogens with zero attached hydrogens (tertiary/aromatic N) is 6. The van der Waals surface area contributed by atoms with Crippen LogP contribution in [0.1, 0.15) is 0 Å². The van der Waals surface area contributed by atoms with Crippen LogP contribution in [0.5, 0.6) is 0 Å². The van der Waals surface area contributed by atoms with E-state index in [9.17, 15) is 0 Å². The fourth-order valence-corrected chi connectivity index (χ4v) is 2.72. The van der Waals surface area contributed by atoms with E-state index in [0.29, 0.717) is 0 Å². The van der Waals surface area contributed by atoms with Crippen molar-refractivity contribution >= 4 is 19.8 Å². The summed E-state index contributed by atoms with van der Waals surface area (Å²) in [7, 11) is 0. The first kappa shape index (κ1) is 24.4. The molecule has 34 heavy (non-hydrogen) atoms. The van der Waals surface area contributed by atoms with Crippen molar-refractivity contribution in [1.29, 1.82) is 0 Å². The smallest absolute Gasteiger partial charge is 0.155 e. The quantitative estimate of drug-likeness (QED) is 0.312. The second kappa shape index (κ2) is 13.3. The van der Waals surface area contributed by atoms with Gasteiger partial charge in [0.15, 0.2) is 17.5 Å². The zero-order chi connectivity index (χ0) is 22.6. The fourth-order valence-electron chi connectivity index (χ4n) is 2.72. The molecule has 0 saturated heterocycles. The van der Waals surface area contributed by atoms with Gasteiger partial charge in [0.05, 0.1) is 0 Å². The van der Waals surface area contributed by atoms with Gasteiger partial charge in [-0.15, -0.1) is 0 Å². The van der Waals surface area contributed by atoms with Gasteiger partial charge >= 0.3 is 0 Å². The number of nitrogens with one attached hydrogen (secondary N) is 3. The van der Waals surface area contributed by atoms with Crippen LogP contribution >= 0.6 is 0 Å². The Labute approximate surface area is 209 Å². The average molecular weight is 505 g/mol. The number of hydrogen-bond donors (Lipinski definition) is 3. The summed E-state index contributed by atoms with van der Waals surface area (Å²) in [5.74, 6) is 2.43. The second-order valence-corrected chi connectivity index (χ2v) is 6.46. The third kappa shape index (κ3) is 7.12. The molecular formula is C24H21GaN9. The van der Waals surface area contributed by atoms with E-state index in [1.807, 2.05) is 54.6 Å². The molecule has 3 radical (unpaired) electrons. The van der Waals surface area contributed by atoms with Crippen molar-refractivity contribution in [3.8, 4) is 34.6 Å². The summed E-state index contributed by atoms with van der Waals surface area (Å²) in [5.41, 5.74) is 2.62. The Balaban J connectivity index is 0.000000141. The summed E-state index contributed by atoms with van der Waals surface area (Å²) in [4.78, 5) is 33.5. The van der Waals surface area contributed by atoms with Gasteiger partial charge in [-0.3, -0.25) is 15.0 Å². The molecule has 6 rings (SSSR count). The molecule has 0 spiro atoms. The van der Waals surface area contributed by atoms with Crippen molar-refractivity contribution < 1.29 is 0 Å². The summed E-state index contributed by atoms with van der Waals surface area (Å²) < 4.78 is 0. The predicted octanol–water partition coefficient (Wildman–Crippen LogP) is 4.03. The Hall–Kier alpha value is -4.28. The SMILES string of the molecule is [Ga].c1ccc(-c2ncc[nH]2)nc1.c1ccc(-c2ncc[nH]2)nc1.c1ccc(-c2ncc[nH]2)nc1. The van der Waals surface area contributed by atoms with E-state index >= 15 is 0 Å². The normalized spacial score (nSPS) is 9.53. The molecule has 9 nitrogen and oxygen atoms in total.